The molecule has 2 unspecified atom stereocenters. The minimum Gasteiger partial charge on any atom is -0.366 e. The Hall–Kier alpha value is -1.57. The summed E-state index contributed by atoms with van der Waals surface area (Å²) in [5.41, 5.74) is 8.06. The zero-order valence-corrected chi connectivity index (χ0v) is 9.97. The normalized spacial score (nSPS) is 21.9. The van der Waals surface area contributed by atoms with E-state index in [-0.39, 0.29) is 12.1 Å². The minimum absolute atomic E-state index is 0.0561. The smallest absolute Gasteiger partial charge is 0.161 e. The second kappa shape index (κ2) is 5.17. The number of nitrogens with two attached hydrogens (primary N) is 1. The van der Waals surface area contributed by atoms with Crippen LogP contribution in [0.3, 0.4) is 0 Å². The SMILES string of the molecule is CC(N)c1ccc(N2CCOC(C#N)C2)cc1. The number of ether oxygens (including phenoxy) is 1. The van der Waals surface area contributed by atoms with Crippen molar-refractivity contribution < 1.29 is 4.74 Å². The predicted molar refractivity (Wildman–Crippen MR) is 66.6 cm³/mol. The molecule has 1 saturated heterocycles. The third-order valence-corrected chi connectivity index (χ3v) is 2.99. The van der Waals surface area contributed by atoms with Crippen LogP contribution >= 0.6 is 0 Å². The van der Waals surface area contributed by atoms with E-state index in [4.69, 9.17) is 15.7 Å². The van der Waals surface area contributed by atoms with E-state index in [1.54, 1.807) is 0 Å². The third kappa shape index (κ3) is 2.76. The van der Waals surface area contributed by atoms with E-state index in [1.165, 1.54) is 0 Å². The molecule has 0 bridgehead atoms. The maximum absolute atomic E-state index is 8.85. The molecule has 0 aromatic heterocycles. The number of nitriles is 1. The molecular weight excluding hydrogens is 214 g/mol. The fourth-order valence-corrected chi connectivity index (χ4v) is 1.95. The summed E-state index contributed by atoms with van der Waals surface area (Å²) in [5, 5.41) is 8.85. The molecule has 1 fully saturated rings. The van der Waals surface area contributed by atoms with Crippen molar-refractivity contribution in [3.63, 3.8) is 0 Å². The summed E-state index contributed by atoms with van der Waals surface area (Å²) >= 11 is 0. The quantitative estimate of drug-likeness (QED) is 0.836. The molecule has 1 aliphatic heterocycles. The average Bonchev–Trinajstić information content (AvgIpc) is 2.39. The molecule has 17 heavy (non-hydrogen) atoms. The van der Waals surface area contributed by atoms with Crippen LogP contribution in [0.15, 0.2) is 24.3 Å². The molecule has 2 rings (SSSR count). The van der Waals surface area contributed by atoms with E-state index in [2.05, 4.69) is 23.1 Å². The van der Waals surface area contributed by atoms with Crippen LogP contribution in [0, 0.1) is 11.3 Å². The van der Waals surface area contributed by atoms with Crippen molar-refractivity contribution in [3.8, 4) is 6.07 Å². The summed E-state index contributed by atoms with van der Waals surface area (Å²) in [4.78, 5) is 2.17. The van der Waals surface area contributed by atoms with Crippen molar-refractivity contribution in [2.45, 2.75) is 19.1 Å². The first kappa shape index (κ1) is 11.9. The second-order valence-corrected chi connectivity index (χ2v) is 4.31. The summed E-state index contributed by atoms with van der Waals surface area (Å²) in [6, 6.07) is 10.4. The van der Waals surface area contributed by atoms with Gasteiger partial charge in [0.2, 0.25) is 0 Å². The highest BCUT2D eigenvalue weighted by atomic mass is 16.5. The average molecular weight is 231 g/mol. The Morgan fingerprint density at radius 2 is 2.18 bits per heavy atom. The van der Waals surface area contributed by atoms with E-state index in [9.17, 15) is 0 Å². The van der Waals surface area contributed by atoms with Gasteiger partial charge in [0, 0.05) is 18.3 Å². The molecule has 1 aliphatic rings. The molecule has 0 spiro atoms. The molecule has 0 aliphatic carbocycles. The predicted octanol–water partition coefficient (Wildman–Crippen LogP) is 1.44. The van der Waals surface area contributed by atoms with Crippen LogP contribution in [0.4, 0.5) is 5.69 Å². The van der Waals surface area contributed by atoms with Crippen molar-refractivity contribution >= 4 is 5.69 Å². The zero-order valence-electron chi connectivity index (χ0n) is 9.97. The number of hydrogen-bond donors (Lipinski definition) is 1. The van der Waals surface area contributed by atoms with Crippen molar-refractivity contribution in [1.29, 1.82) is 5.26 Å². The highest BCUT2D eigenvalue weighted by Gasteiger charge is 2.19. The maximum Gasteiger partial charge on any atom is 0.161 e. The van der Waals surface area contributed by atoms with Crippen molar-refractivity contribution in [3.05, 3.63) is 29.8 Å². The molecule has 4 nitrogen and oxygen atoms in total. The molecule has 2 atom stereocenters. The fraction of sp³-hybridized carbons (Fsp3) is 0.462. The Morgan fingerprint density at radius 3 is 2.76 bits per heavy atom. The molecule has 2 N–H and O–H groups in total. The number of benzene rings is 1. The monoisotopic (exact) mass is 231 g/mol. The first-order chi connectivity index (χ1) is 8.20. The Kier molecular flexibility index (Phi) is 3.62. The van der Waals surface area contributed by atoms with Crippen LogP contribution < -0.4 is 10.6 Å². The largest absolute Gasteiger partial charge is 0.366 e. The number of morpholine rings is 1. The molecular formula is C13H17N3O. The van der Waals surface area contributed by atoms with Crippen LogP contribution in [0.25, 0.3) is 0 Å². The lowest BCUT2D eigenvalue weighted by atomic mass is 10.1. The Morgan fingerprint density at radius 1 is 1.47 bits per heavy atom. The maximum atomic E-state index is 8.85. The van der Waals surface area contributed by atoms with Gasteiger partial charge >= 0.3 is 0 Å². The first-order valence-corrected chi connectivity index (χ1v) is 5.82. The van der Waals surface area contributed by atoms with Crippen molar-refractivity contribution in [1.82, 2.24) is 0 Å². The van der Waals surface area contributed by atoms with E-state index in [0.29, 0.717) is 13.2 Å². The third-order valence-electron chi connectivity index (χ3n) is 2.99. The highest BCUT2D eigenvalue weighted by molar-refractivity contribution is 5.48. The van der Waals surface area contributed by atoms with Crippen LogP contribution in [0.5, 0.6) is 0 Å². The van der Waals surface area contributed by atoms with Gasteiger partial charge in [0.25, 0.3) is 0 Å². The zero-order chi connectivity index (χ0) is 12.3. The number of rotatable bonds is 2. The van der Waals surface area contributed by atoms with E-state index >= 15 is 0 Å². The van der Waals surface area contributed by atoms with Crippen molar-refractivity contribution in [2.24, 2.45) is 5.73 Å². The number of anilines is 1. The number of hydrogen-bond acceptors (Lipinski definition) is 4. The van der Waals surface area contributed by atoms with Gasteiger partial charge < -0.3 is 15.4 Å². The standard InChI is InChI=1S/C13H17N3O/c1-10(15)11-2-4-12(5-3-11)16-6-7-17-13(8-14)9-16/h2-5,10,13H,6-7,9,15H2,1H3. The molecule has 0 radical (unpaired) electrons. The van der Waals surface area contributed by atoms with Gasteiger partial charge in [-0.25, -0.2) is 0 Å². The molecule has 0 saturated carbocycles. The van der Waals surface area contributed by atoms with Crippen LogP contribution in [0.2, 0.25) is 0 Å². The first-order valence-electron chi connectivity index (χ1n) is 5.82. The summed E-state index contributed by atoms with van der Waals surface area (Å²) in [7, 11) is 0. The van der Waals surface area contributed by atoms with Gasteiger partial charge in [-0.05, 0) is 24.6 Å². The second-order valence-electron chi connectivity index (χ2n) is 4.31. The van der Waals surface area contributed by atoms with E-state index < -0.39 is 0 Å². The molecule has 4 heteroatoms. The summed E-state index contributed by atoms with van der Waals surface area (Å²) in [6.07, 6.45) is -0.322. The van der Waals surface area contributed by atoms with Gasteiger partial charge in [-0.2, -0.15) is 5.26 Å². The number of nitrogens with zero attached hydrogens (tertiary/aromatic N) is 2. The van der Waals surface area contributed by atoms with Gasteiger partial charge in [0.05, 0.1) is 19.2 Å². The molecule has 1 aromatic carbocycles. The Balaban J connectivity index is 2.09. The topological polar surface area (TPSA) is 62.3 Å². The lowest BCUT2D eigenvalue weighted by molar-refractivity contribution is 0.0764. The summed E-state index contributed by atoms with van der Waals surface area (Å²) in [6.45, 7) is 4.03. The fourth-order valence-electron chi connectivity index (χ4n) is 1.95. The van der Waals surface area contributed by atoms with Crippen LogP contribution in [0.1, 0.15) is 18.5 Å². The van der Waals surface area contributed by atoms with Crippen molar-refractivity contribution in [2.75, 3.05) is 24.6 Å². The minimum atomic E-state index is -0.322. The van der Waals surface area contributed by atoms with Gasteiger partial charge in [0.1, 0.15) is 0 Å². The lowest BCUT2D eigenvalue weighted by Gasteiger charge is -2.31. The van der Waals surface area contributed by atoms with Gasteiger partial charge in [0.15, 0.2) is 6.10 Å². The highest BCUT2D eigenvalue weighted by Crippen LogP contribution is 2.20. The van der Waals surface area contributed by atoms with Crippen LogP contribution in [-0.4, -0.2) is 25.8 Å². The Bertz CT molecular complexity index is 408. The van der Waals surface area contributed by atoms with E-state index in [1.807, 2.05) is 19.1 Å². The summed E-state index contributed by atoms with van der Waals surface area (Å²) in [5.74, 6) is 0. The van der Waals surface area contributed by atoms with Gasteiger partial charge in [-0.15, -0.1) is 0 Å². The molecule has 90 valence electrons. The Labute approximate surface area is 102 Å². The molecule has 1 aromatic rings. The van der Waals surface area contributed by atoms with Crippen LogP contribution in [-0.2, 0) is 4.74 Å². The molecule has 1 heterocycles. The molecule has 0 amide bonds. The van der Waals surface area contributed by atoms with E-state index in [0.717, 1.165) is 17.8 Å². The van der Waals surface area contributed by atoms with Gasteiger partial charge in [-0.1, -0.05) is 12.1 Å². The lowest BCUT2D eigenvalue weighted by Crippen LogP contribution is -2.41. The summed E-state index contributed by atoms with van der Waals surface area (Å²) < 4.78 is 5.32. The van der Waals surface area contributed by atoms with Gasteiger partial charge in [-0.3, -0.25) is 0 Å².